The summed E-state index contributed by atoms with van der Waals surface area (Å²) < 4.78 is 14.1. The van der Waals surface area contributed by atoms with Crippen LogP contribution in [-0.4, -0.2) is 11.1 Å². The van der Waals surface area contributed by atoms with Gasteiger partial charge in [0, 0.05) is 26.4 Å². The number of carboxylic acids is 1. The minimum atomic E-state index is -0.985. The molecule has 3 aromatic rings. The summed E-state index contributed by atoms with van der Waals surface area (Å²) in [5, 5.41) is 9.38. The second kappa shape index (κ2) is 5.73. The molecule has 0 aliphatic carbocycles. The lowest BCUT2D eigenvalue weighted by Crippen LogP contribution is -1.98. The van der Waals surface area contributed by atoms with E-state index in [0.29, 0.717) is 11.1 Å². The number of hydrogen-bond acceptors (Lipinski definition) is 2. The summed E-state index contributed by atoms with van der Waals surface area (Å²) in [6, 6.07) is 15.3. The fourth-order valence-corrected chi connectivity index (χ4v) is 3.53. The third-order valence-corrected chi connectivity index (χ3v) is 4.51. The number of thiophene rings is 1. The fraction of sp³-hybridized carbons (Fsp3) is 0.0556. The van der Waals surface area contributed by atoms with Crippen molar-refractivity contribution in [2.45, 2.75) is 6.92 Å². The average Bonchev–Trinajstić information content (AvgIpc) is 2.89. The topological polar surface area (TPSA) is 37.3 Å². The molecule has 0 fully saturated rings. The summed E-state index contributed by atoms with van der Waals surface area (Å²) in [6.45, 7) is 1.93. The Bertz CT molecular complexity index is 852. The molecule has 1 aromatic heterocycles. The number of aromatic carboxylic acids is 1. The molecule has 0 aliphatic rings. The van der Waals surface area contributed by atoms with Crippen LogP contribution in [0.15, 0.2) is 54.6 Å². The second-order valence-electron chi connectivity index (χ2n) is 4.93. The fourth-order valence-electron chi connectivity index (χ4n) is 2.46. The molecular formula is C18H13FO2S. The lowest BCUT2D eigenvalue weighted by atomic mass is 9.99. The maximum absolute atomic E-state index is 14.1. The monoisotopic (exact) mass is 312 g/mol. The molecule has 2 aromatic carbocycles. The van der Waals surface area contributed by atoms with Crippen LogP contribution in [0.5, 0.6) is 0 Å². The van der Waals surface area contributed by atoms with Gasteiger partial charge in [-0.25, -0.2) is 9.18 Å². The van der Waals surface area contributed by atoms with Crippen LogP contribution in [-0.2, 0) is 0 Å². The van der Waals surface area contributed by atoms with Crippen LogP contribution < -0.4 is 0 Å². The van der Waals surface area contributed by atoms with Crippen molar-refractivity contribution in [3.8, 4) is 21.6 Å². The first-order valence-corrected chi connectivity index (χ1v) is 7.57. The second-order valence-corrected chi connectivity index (χ2v) is 6.19. The van der Waals surface area contributed by atoms with Crippen LogP contribution in [0.2, 0.25) is 0 Å². The molecule has 4 heteroatoms. The standard InChI is InChI=1S/C18H13FO2S/c1-11-10-15(12-6-4-5-9-16(12)19)17(22-11)13-7-2-3-8-14(13)18(20)21/h2-10H,1H3,(H,20,21). The molecule has 22 heavy (non-hydrogen) atoms. The molecule has 110 valence electrons. The van der Waals surface area contributed by atoms with E-state index >= 15 is 0 Å². The van der Waals surface area contributed by atoms with Crippen molar-refractivity contribution in [1.29, 1.82) is 0 Å². The van der Waals surface area contributed by atoms with Gasteiger partial charge in [-0.1, -0.05) is 36.4 Å². The first kappa shape index (κ1) is 14.5. The van der Waals surface area contributed by atoms with Crippen LogP contribution in [0.4, 0.5) is 4.39 Å². The minimum absolute atomic E-state index is 0.224. The summed E-state index contributed by atoms with van der Waals surface area (Å²) in [5.41, 5.74) is 2.06. The van der Waals surface area contributed by atoms with Gasteiger partial charge in [0.15, 0.2) is 0 Å². The van der Waals surface area contributed by atoms with Crippen molar-refractivity contribution in [1.82, 2.24) is 0 Å². The van der Waals surface area contributed by atoms with Gasteiger partial charge in [-0.05, 0) is 25.1 Å². The lowest BCUT2D eigenvalue weighted by Gasteiger charge is -2.08. The van der Waals surface area contributed by atoms with Crippen LogP contribution in [0.25, 0.3) is 21.6 Å². The third-order valence-electron chi connectivity index (χ3n) is 3.42. The van der Waals surface area contributed by atoms with E-state index in [9.17, 15) is 14.3 Å². The number of hydrogen-bond donors (Lipinski definition) is 1. The zero-order chi connectivity index (χ0) is 15.7. The van der Waals surface area contributed by atoms with Crippen LogP contribution in [0, 0.1) is 12.7 Å². The van der Waals surface area contributed by atoms with Gasteiger partial charge in [0.25, 0.3) is 0 Å². The van der Waals surface area contributed by atoms with Gasteiger partial charge in [0.05, 0.1) is 5.56 Å². The molecule has 0 saturated carbocycles. The Balaban J connectivity index is 2.27. The number of carbonyl (C=O) groups is 1. The molecule has 0 amide bonds. The molecule has 0 atom stereocenters. The van der Waals surface area contributed by atoms with Crippen LogP contribution in [0.3, 0.4) is 0 Å². The van der Waals surface area contributed by atoms with Gasteiger partial charge in [0.1, 0.15) is 5.82 Å². The van der Waals surface area contributed by atoms with Crippen LogP contribution in [0.1, 0.15) is 15.2 Å². The van der Waals surface area contributed by atoms with Gasteiger partial charge >= 0.3 is 5.97 Å². The summed E-state index contributed by atoms with van der Waals surface area (Å²) in [5.74, 6) is -1.30. The molecule has 1 heterocycles. The quantitative estimate of drug-likeness (QED) is 0.719. The van der Waals surface area contributed by atoms with E-state index in [-0.39, 0.29) is 11.4 Å². The highest BCUT2D eigenvalue weighted by Crippen LogP contribution is 2.41. The van der Waals surface area contributed by atoms with Gasteiger partial charge < -0.3 is 5.11 Å². The molecular weight excluding hydrogens is 299 g/mol. The molecule has 1 N–H and O–H groups in total. The zero-order valence-electron chi connectivity index (χ0n) is 11.8. The van der Waals surface area contributed by atoms with Crippen molar-refractivity contribution in [3.05, 3.63) is 70.9 Å². The maximum atomic E-state index is 14.1. The van der Waals surface area contributed by atoms with Gasteiger partial charge in [-0.2, -0.15) is 0 Å². The van der Waals surface area contributed by atoms with Gasteiger partial charge in [0.2, 0.25) is 0 Å². The highest BCUT2D eigenvalue weighted by molar-refractivity contribution is 7.16. The molecule has 0 saturated heterocycles. The van der Waals surface area contributed by atoms with Gasteiger partial charge in [-0.15, -0.1) is 11.3 Å². The number of benzene rings is 2. The molecule has 2 nitrogen and oxygen atoms in total. The smallest absolute Gasteiger partial charge is 0.336 e. The van der Waals surface area contributed by atoms with Crippen molar-refractivity contribution in [3.63, 3.8) is 0 Å². The molecule has 0 radical (unpaired) electrons. The molecule has 0 aliphatic heterocycles. The Morgan fingerprint density at radius 2 is 1.64 bits per heavy atom. The van der Waals surface area contributed by atoms with E-state index in [1.165, 1.54) is 17.4 Å². The van der Waals surface area contributed by atoms with Gasteiger partial charge in [-0.3, -0.25) is 0 Å². The first-order valence-electron chi connectivity index (χ1n) is 6.76. The number of aryl methyl sites for hydroxylation is 1. The summed E-state index contributed by atoms with van der Waals surface area (Å²) in [7, 11) is 0. The minimum Gasteiger partial charge on any atom is -0.478 e. The third kappa shape index (κ3) is 2.53. The maximum Gasteiger partial charge on any atom is 0.336 e. The highest BCUT2D eigenvalue weighted by atomic mass is 32.1. The van der Waals surface area contributed by atoms with E-state index in [1.807, 2.05) is 13.0 Å². The number of rotatable bonds is 3. The normalized spacial score (nSPS) is 10.6. The summed E-state index contributed by atoms with van der Waals surface area (Å²) >= 11 is 1.47. The predicted molar refractivity (Wildman–Crippen MR) is 86.8 cm³/mol. The molecule has 0 spiro atoms. The van der Waals surface area contributed by atoms with E-state index in [1.54, 1.807) is 42.5 Å². The molecule has 3 rings (SSSR count). The van der Waals surface area contributed by atoms with Crippen LogP contribution >= 0.6 is 11.3 Å². The van der Waals surface area contributed by atoms with Crippen molar-refractivity contribution >= 4 is 17.3 Å². The number of halogens is 1. The number of carboxylic acid groups (broad SMARTS) is 1. The molecule has 0 bridgehead atoms. The van der Waals surface area contributed by atoms with Crippen molar-refractivity contribution in [2.24, 2.45) is 0 Å². The Kier molecular flexibility index (Phi) is 3.77. The Morgan fingerprint density at radius 3 is 2.32 bits per heavy atom. The highest BCUT2D eigenvalue weighted by Gasteiger charge is 2.18. The molecule has 0 unspecified atom stereocenters. The van der Waals surface area contributed by atoms with Crippen molar-refractivity contribution < 1.29 is 14.3 Å². The SMILES string of the molecule is Cc1cc(-c2ccccc2F)c(-c2ccccc2C(=O)O)s1. The van der Waals surface area contributed by atoms with E-state index in [4.69, 9.17) is 0 Å². The Labute approximate surface area is 131 Å². The van der Waals surface area contributed by atoms with Crippen molar-refractivity contribution in [2.75, 3.05) is 0 Å². The first-order chi connectivity index (χ1) is 10.6. The average molecular weight is 312 g/mol. The zero-order valence-corrected chi connectivity index (χ0v) is 12.7. The predicted octanol–water partition coefficient (Wildman–Crippen LogP) is 5.23. The van der Waals surface area contributed by atoms with E-state index in [0.717, 1.165) is 15.3 Å². The Morgan fingerprint density at radius 1 is 1.00 bits per heavy atom. The summed E-state index contributed by atoms with van der Waals surface area (Å²) in [6.07, 6.45) is 0. The van der Waals surface area contributed by atoms with E-state index in [2.05, 4.69) is 0 Å². The largest absolute Gasteiger partial charge is 0.478 e. The lowest BCUT2D eigenvalue weighted by molar-refractivity contribution is 0.0698. The van der Waals surface area contributed by atoms with E-state index < -0.39 is 5.97 Å². The summed E-state index contributed by atoms with van der Waals surface area (Å²) in [4.78, 5) is 13.2. The Hall–Kier alpha value is -2.46.